The lowest BCUT2D eigenvalue weighted by Crippen LogP contribution is -1.99. The molecule has 0 atom stereocenters. The number of benzene rings is 2. The maximum Gasteiger partial charge on any atom is 0.313 e. The van der Waals surface area contributed by atoms with Crippen molar-refractivity contribution in [2.75, 3.05) is 11.5 Å². The van der Waals surface area contributed by atoms with Crippen LogP contribution in [0.15, 0.2) is 41.3 Å². The average Bonchev–Trinajstić information content (AvgIpc) is 2.27. The van der Waals surface area contributed by atoms with Crippen molar-refractivity contribution in [3.05, 3.63) is 36.4 Å². The normalized spacial score (nSPS) is 10.5. The number of rotatable bonds is 3. The van der Waals surface area contributed by atoms with Crippen molar-refractivity contribution < 1.29 is 9.90 Å². The second-order valence-electron chi connectivity index (χ2n) is 3.39. The highest BCUT2D eigenvalue weighted by molar-refractivity contribution is 8.00. The molecule has 0 fully saturated rings. The van der Waals surface area contributed by atoms with Gasteiger partial charge in [0.15, 0.2) is 0 Å². The van der Waals surface area contributed by atoms with Gasteiger partial charge in [0.2, 0.25) is 0 Å². The van der Waals surface area contributed by atoms with Gasteiger partial charge in [-0.3, -0.25) is 4.79 Å². The molecular weight excluding hydrogens is 222 g/mol. The molecule has 0 saturated heterocycles. The predicted octanol–water partition coefficient (Wildman–Crippen LogP) is 2.60. The molecule has 0 spiro atoms. The number of carboxylic acids is 1. The fraction of sp³-hybridized carbons (Fsp3) is 0.0833. The zero-order valence-electron chi connectivity index (χ0n) is 8.51. The summed E-state index contributed by atoms with van der Waals surface area (Å²) in [5.41, 5.74) is 6.49. The molecule has 82 valence electrons. The number of carboxylic acid groups (broad SMARTS) is 1. The van der Waals surface area contributed by atoms with E-state index in [1.807, 2.05) is 36.4 Å². The van der Waals surface area contributed by atoms with Crippen LogP contribution in [-0.4, -0.2) is 16.8 Å². The van der Waals surface area contributed by atoms with Gasteiger partial charge in [-0.2, -0.15) is 0 Å². The summed E-state index contributed by atoms with van der Waals surface area (Å²) in [6, 6.07) is 11.6. The molecule has 2 aromatic carbocycles. The second-order valence-corrected chi connectivity index (χ2v) is 4.37. The Morgan fingerprint density at radius 3 is 2.75 bits per heavy atom. The number of nitrogens with two attached hydrogens (primary N) is 1. The number of nitrogen functional groups attached to an aromatic ring is 1. The third-order valence-electron chi connectivity index (χ3n) is 2.25. The largest absolute Gasteiger partial charge is 0.481 e. The lowest BCUT2D eigenvalue weighted by atomic mass is 10.1. The van der Waals surface area contributed by atoms with Gasteiger partial charge in [0.05, 0.1) is 5.75 Å². The summed E-state index contributed by atoms with van der Waals surface area (Å²) < 4.78 is 0. The Labute approximate surface area is 97.3 Å². The third-order valence-corrected chi connectivity index (χ3v) is 3.39. The fourth-order valence-corrected chi connectivity index (χ4v) is 2.40. The molecule has 3 nitrogen and oxygen atoms in total. The first kappa shape index (κ1) is 10.8. The van der Waals surface area contributed by atoms with E-state index in [0.29, 0.717) is 5.69 Å². The van der Waals surface area contributed by atoms with Gasteiger partial charge in [-0.05, 0) is 16.8 Å². The van der Waals surface area contributed by atoms with Crippen LogP contribution >= 0.6 is 11.8 Å². The SMILES string of the molecule is Nc1ccc2ccccc2c1SCC(=O)O. The Balaban J connectivity index is 2.48. The molecule has 2 rings (SSSR count). The van der Waals surface area contributed by atoms with Gasteiger partial charge < -0.3 is 10.8 Å². The van der Waals surface area contributed by atoms with Crippen molar-refractivity contribution >= 4 is 34.2 Å². The monoisotopic (exact) mass is 233 g/mol. The van der Waals surface area contributed by atoms with Crippen LogP contribution in [0, 0.1) is 0 Å². The number of thioether (sulfide) groups is 1. The van der Waals surface area contributed by atoms with Crippen molar-refractivity contribution in [2.24, 2.45) is 0 Å². The summed E-state index contributed by atoms with van der Waals surface area (Å²) in [5, 5.41) is 10.8. The Bertz CT molecular complexity index is 540. The Kier molecular flexibility index (Phi) is 3.01. The van der Waals surface area contributed by atoms with Gasteiger partial charge in [-0.15, -0.1) is 11.8 Å². The van der Waals surface area contributed by atoms with Crippen molar-refractivity contribution in [1.29, 1.82) is 0 Å². The molecule has 0 unspecified atom stereocenters. The Morgan fingerprint density at radius 1 is 1.25 bits per heavy atom. The van der Waals surface area contributed by atoms with Gasteiger partial charge in [0.25, 0.3) is 0 Å². The summed E-state index contributed by atoms with van der Waals surface area (Å²) in [6.07, 6.45) is 0. The highest BCUT2D eigenvalue weighted by Gasteiger charge is 2.07. The van der Waals surface area contributed by atoms with Crippen LogP contribution in [0.2, 0.25) is 0 Å². The standard InChI is InChI=1S/C12H11NO2S/c13-10-6-5-8-3-1-2-4-9(8)12(10)16-7-11(14)15/h1-6H,7,13H2,(H,14,15). The minimum atomic E-state index is -0.836. The molecule has 0 aliphatic carbocycles. The Hall–Kier alpha value is -1.68. The van der Waals surface area contributed by atoms with Gasteiger partial charge in [0, 0.05) is 10.6 Å². The number of fused-ring (bicyclic) bond motifs is 1. The van der Waals surface area contributed by atoms with Crippen LogP contribution in [0.3, 0.4) is 0 Å². The van der Waals surface area contributed by atoms with Crippen LogP contribution in [0.25, 0.3) is 10.8 Å². The quantitative estimate of drug-likeness (QED) is 0.632. The molecule has 0 heterocycles. The minimum absolute atomic E-state index is 0.0260. The van der Waals surface area contributed by atoms with Gasteiger partial charge in [0.1, 0.15) is 0 Å². The van der Waals surface area contributed by atoms with Crippen molar-refractivity contribution in [2.45, 2.75) is 4.90 Å². The van der Waals surface area contributed by atoms with Crippen molar-refractivity contribution in [3.63, 3.8) is 0 Å². The van der Waals surface area contributed by atoms with E-state index in [9.17, 15) is 4.79 Å². The van der Waals surface area contributed by atoms with E-state index < -0.39 is 5.97 Å². The Morgan fingerprint density at radius 2 is 2.00 bits per heavy atom. The maximum atomic E-state index is 10.6. The highest BCUT2D eigenvalue weighted by Crippen LogP contribution is 2.32. The summed E-state index contributed by atoms with van der Waals surface area (Å²) >= 11 is 1.26. The van der Waals surface area contributed by atoms with E-state index in [4.69, 9.17) is 10.8 Å². The molecule has 0 saturated carbocycles. The highest BCUT2D eigenvalue weighted by atomic mass is 32.2. The van der Waals surface area contributed by atoms with E-state index >= 15 is 0 Å². The van der Waals surface area contributed by atoms with Crippen molar-refractivity contribution in [3.8, 4) is 0 Å². The first-order valence-electron chi connectivity index (χ1n) is 4.80. The molecular formula is C12H11NO2S. The molecule has 0 aliphatic heterocycles. The van der Waals surface area contributed by atoms with E-state index in [0.717, 1.165) is 15.7 Å². The van der Waals surface area contributed by atoms with E-state index in [1.54, 1.807) is 0 Å². The molecule has 4 heteroatoms. The lowest BCUT2D eigenvalue weighted by Gasteiger charge is -2.08. The van der Waals surface area contributed by atoms with E-state index in [2.05, 4.69) is 0 Å². The van der Waals surface area contributed by atoms with Crippen LogP contribution in [-0.2, 0) is 4.79 Å². The number of hydrogen-bond acceptors (Lipinski definition) is 3. The number of carbonyl (C=O) groups is 1. The van der Waals surface area contributed by atoms with E-state index in [1.165, 1.54) is 11.8 Å². The number of anilines is 1. The minimum Gasteiger partial charge on any atom is -0.481 e. The first-order valence-corrected chi connectivity index (χ1v) is 5.79. The van der Waals surface area contributed by atoms with E-state index in [-0.39, 0.29) is 5.75 Å². The lowest BCUT2D eigenvalue weighted by molar-refractivity contribution is -0.133. The first-order chi connectivity index (χ1) is 7.68. The molecule has 0 aromatic heterocycles. The van der Waals surface area contributed by atoms with Crippen LogP contribution in [0.4, 0.5) is 5.69 Å². The molecule has 0 amide bonds. The topological polar surface area (TPSA) is 63.3 Å². The summed E-state index contributed by atoms with van der Waals surface area (Å²) in [6.45, 7) is 0. The van der Waals surface area contributed by atoms with Crippen LogP contribution in [0.1, 0.15) is 0 Å². The second kappa shape index (κ2) is 4.45. The summed E-state index contributed by atoms with van der Waals surface area (Å²) in [5.74, 6) is -0.810. The van der Waals surface area contributed by atoms with Crippen LogP contribution in [0.5, 0.6) is 0 Å². The molecule has 16 heavy (non-hydrogen) atoms. The molecule has 0 radical (unpaired) electrons. The molecule has 2 aromatic rings. The smallest absolute Gasteiger partial charge is 0.313 e. The fourth-order valence-electron chi connectivity index (χ4n) is 1.55. The molecule has 0 aliphatic rings. The molecule has 3 N–H and O–H groups in total. The zero-order chi connectivity index (χ0) is 11.5. The number of hydrogen-bond donors (Lipinski definition) is 2. The predicted molar refractivity (Wildman–Crippen MR) is 66.7 cm³/mol. The summed E-state index contributed by atoms with van der Waals surface area (Å²) in [4.78, 5) is 11.4. The summed E-state index contributed by atoms with van der Waals surface area (Å²) in [7, 11) is 0. The maximum absolute atomic E-state index is 10.6. The average molecular weight is 233 g/mol. The van der Waals surface area contributed by atoms with Gasteiger partial charge >= 0.3 is 5.97 Å². The third kappa shape index (κ3) is 2.12. The van der Waals surface area contributed by atoms with Gasteiger partial charge in [-0.1, -0.05) is 30.3 Å². The number of aliphatic carboxylic acids is 1. The van der Waals surface area contributed by atoms with Crippen molar-refractivity contribution in [1.82, 2.24) is 0 Å². The van der Waals surface area contributed by atoms with Crippen LogP contribution < -0.4 is 5.73 Å². The molecule has 0 bridgehead atoms. The zero-order valence-corrected chi connectivity index (χ0v) is 9.33. The van der Waals surface area contributed by atoms with Gasteiger partial charge in [-0.25, -0.2) is 0 Å².